The fourth-order valence-electron chi connectivity index (χ4n) is 2.59. The molecule has 3 aromatic rings. The zero-order chi connectivity index (χ0) is 17.8. The van der Waals surface area contributed by atoms with E-state index in [-0.39, 0.29) is 18.9 Å². The summed E-state index contributed by atoms with van der Waals surface area (Å²) in [6, 6.07) is 13.5. The molecule has 0 aliphatic carbocycles. The second kappa shape index (κ2) is 7.36. The summed E-state index contributed by atoms with van der Waals surface area (Å²) in [5, 5.41) is 13.8. The summed E-state index contributed by atoms with van der Waals surface area (Å²) >= 11 is 0. The third kappa shape index (κ3) is 3.97. The Morgan fingerprint density at radius 1 is 1.28 bits per heavy atom. The summed E-state index contributed by atoms with van der Waals surface area (Å²) in [5.41, 5.74) is 1.78. The molecule has 0 spiro atoms. The van der Waals surface area contributed by atoms with E-state index >= 15 is 0 Å². The van der Waals surface area contributed by atoms with Crippen LogP contribution >= 0.6 is 0 Å². The number of aliphatic hydroxyl groups excluding tert-OH is 1. The number of carbonyl (C=O) groups is 1. The molecule has 1 heterocycles. The van der Waals surface area contributed by atoms with Gasteiger partial charge in [-0.25, -0.2) is 4.39 Å². The number of ether oxygens (including phenoxy) is 1. The molecule has 1 amide bonds. The number of nitrogens with one attached hydrogen (secondary N) is 1. The van der Waals surface area contributed by atoms with Crippen LogP contribution in [0.4, 0.5) is 4.39 Å². The standard InChI is InChI=1S/C19H19FN2O3/c1-22-9-8-13-10-14(6-7-16(13)22)17(23)11-21-19(24)12-25-18-5-3-2-4-15(18)20/h2-10,17,23H,11-12H2,1H3,(H,21,24). The van der Waals surface area contributed by atoms with Crippen LogP contribution in [0.25, 0.3) is 10.9 Å². The minimum atomic E-state index is -0.831. The SMILES string of the molecule is Cn1ccc2cc(C(O)CNC(=O)COc3ccccc3F)ccc21. The van der Waals surface area contributed by atoms with Crippen molar-refractivity contribution in [1.29, 1.82) is 0 Å². The minimum Gasteiger partial charge on any atom is -0.481 e. The van der Waals surface area contributed by atoms with E-state index in [1.165, 1.54) is 12.1 Å². The van der Waals surface area contributed by atoms with Gasteiger partial charge in [-0.1, -0.05) is 18.2 Å². The first-order valence-electron chi connectivity index (χ1n) is 7.91. The fourth-order valence-corrected chi connectivity index (χ4v) is 2.59. The van der Waals surface area contributed by atoms with E-state index < -0.39 is 17.8 Å². The molecule has 0 aliphatic rings. The smallest absolute Gasteiger partial charge is 0.258 e. The molecular weight excluding hydrogens is 323 g/mol. The molecule has 0 saturated carbocycles. The highest BCUT2D eigenvalue weighted by Crippen LogP contribution is 2.21. The predicted molar refractivity (Wildman–Crippen MR) is 92.8 cm³/mol. The molecule has 3 rings (SSSR count). The number of rotatable bonds is 6. The lowest BCUT2D eigenvalue weighted by Gasteiger charge is -2.13. The number of halogens is 1. The number of aliphatic hydroxyl groups is 1. The van der Waals surface area contributed by atoms with Crippen molar-refractivity contribution >= 4 is 16.8 Å². The first-order chi connectivity index (χ1) is 12.0. The van der Waals surface area contributed by atoms with Crippen molar-refractivity contribution in [2.45, 2.75) is 6.10 Å². The number of amides is 1. The molecule has 0 radical (unpaired) electrons. The van der Waals surface area contributed by atoms with Crippen LogP contribution in [0, 0.1) is 5.82 Å². The highest BCUT2D eigenvalue weighted by molar-refractivity contribution is 5.81. The molecule has 0 aliphatic heterocycles. The molecule has 25 heavy (non-hydrogen) atoms. The van der Waals surface area contributed by atoms with E-state index in [0.717, 1.165) is 10.9 Å². The molecule has 5 nitrogen and oxygen atoms in total. The van der Waals surface area contributed by atoms with Crippen LogP contribution in [-0.2, 0) is 11.8 Å². The number of hydrogen-bond donors (Lipinski definition) is 2. The Labute approximate surface area is 144 Å². The zero-order valence-electron chi connectivity index (χ0n) is 13.8. The van der Waals surface area contributed by atoms with Crippen molar-refractivity contribution in [3.05, 3.63) is 66.1 Å². The maximum absolute atomic E-state index is 13.4. The summed E-state index contributed by atoms with van der Waals surface area (Å²) in [6.07, 6.45) is 1.12. The van der Waals surface area contributed by atoms with Gasteiger partial charge in [0.05, 0.1) is 6.10 Å². The Kier molecular flexibility index (Phi) is 5.00. The molecule has 130 valence electrons. The molecule has 2 aromatic carbocycles. The van der Waals surface area contributed by atoms with Crippen molar-refractivity contribution in [2.24, 2.45) is 7.05 Å². The Bertz CT molecular complexity index is 891. The fraction of sp³-hybridized carbons (Fsp3) is 0.211. The number of aromatic nitrogens is 1. The highest BCUT2D eigenvalue weighted by atomic mass is 19.1. The van der Waals surface area contributed by atoms with Gasteiger partial charge in [-0.15, -0.1) is 0 Å². The number of carbonyl (C=O) groups excluding carboxylic acids is 1. The van der Waals surface area contributed by atoms with Crippen molar-refractivity contribution in [1.82, 2.24) is 9.88 Å². The highest BCUT2D eigenvalue weighted by Gasteiger charge is 2.12. The topological polar surface area (TPSA) is 63.5 Å². The van der Waals surface area contributed by atoms with Crippen LogP contribution in [0.3, 0.4) is 0 Å². The van der Waals surface area contributed by atoms with Crippen LogP contribution in [0.1, 0.15) is 11.7 Å². The first-order valence-corrected chi connectivity index (χ1v) is 7.91. The third-order valence-electron chi connectivity index (χ3n) is 3.98. The van der Waals surface area contributed by atoms with Crippen LogP contribution in [-0.4, -0.2) is 28.7 Å². The molecule has 1 unspecified atom stereocenters. The molecule has 6 heteroatoms. The van der Waals surface area contributed by atoms with Crippen molar-refractivity contribution < 1.29 is 19.0 Å². The van der Waals surface area contributed by atoms with Gasteiger partial charge in [0.1, 0.15) is 0 Å². The first kappa shape index (κ1) is 17.0. The van der Waals surface area contributed by atoms with Gasteiger partial charge in [-0.2, -0.15) is 0 Å². The van der Waals surface area contributed by atoms with E-state index in [2.05, 4.69) is 5.32 Å². The van der Waals surface area contributed by atoms with E-state index in [1.54, 1.807) is 12.1 Å². The van der Waals surface area contributed by atoms with Gasteiger partial charge >= 0.3 is 0 Å². The third-order valence-corrected chi connectivity index (χ3v) is 3.98. The van der Waals surface area contributed by atoms with E-state index in [1.807, 2.05) is 42.1 Å². The predicted octanol–water partition coefficient (Wildman–Crippen LogP) is 2.55. The van der Waals surface area contributed by atoms with Gasteiger partial charge in [0.15, 0.2) is 18.2 Å². The number of hydrogen-bond acceptors (Lipinski definition) is 3. The molecule has 1 aromatic heterocycles. The summed E-state index contributed by atoms with van der Waals surface area (Å²) in [4.78, 5) is 11.8. The lowest BCUT2D eigenvalue weighted by atomic mass is 10.1. The van der Waals surface area contributed by atoms with Gasteiger partial charge in [0.25, 0.3) is 5.91 Å². The second-order valence-electron chi connectivity index (χ2n) is 5.78. The monoisotopic (exact) mass is 342 g/mol. The van der Waals surface area contributed by atoms with Gasteiger partial charge in [-0.3, -0.25) is 4.79 Å². The Morgan fingerprint density at radius 2 is 2.08 bits per heavy atom. The van der Waals surface area contributed by atoms with Gasteiger partial charge in [-0.05, 0) is 41.3 Å². The van der Waals surface area contributed by atoms with Crippen molar-refractivity contribution in [3.8, 4) is 5.75 Å². The summed E-state index contributed by atoms with van der Waals surface area (Å²) in [6.45, 7) is -0.261. The average molecular weight is 342 g/mol. The normalized spacial score (nSPS) is 12.1. The van der Waals surface area contributed by atoms with Crippen molar-refractivity contribution in [2.75, 3.05) is 13.2 Å². The van der Waals surface area contributed by atoms with Crippen LogP contribution in [0.2, 0.25) is 0 Å². The summed E-state index contributed by atoms with van der Waals surface area (Å²) < 4.78 is 20.5. The lowest BCUT2D eigenvalue weighted by molar-refractivity contribution is -0.123. The minimum absolute atomic E-state index is 0.0210. The van der Waals surface area contributed by atoms with Crippen LogP contribution < -0.4 is 10.1 Å². The number of nitrogens with zero attached hydrogens (tertiary/aromatic N) is 1. The van der Waals surface area contributed by atoms with E-state index in [0.29, 0.717) is 5.56 Å². The molecule has 2 N–H and O–H groups in total. The maximum atomic E-state index is 13.4. The number of para-hydroxylation sites is 1. The zero-order valence-corrected chi connectivity index (χ0v) is 13.8. The van der Waals surface area contributed by atoms with Crippen LogP contribution in [0.5, 0.6) is 5.75 Å². The Hall–Kier alpha value is -2.86. The van der Waals surface area contributed by atoms with Gasteiger partial charge < -0.3 is 19.7 Å². The van der Waals surface area contributed by atoms with E-state index in [9.17, 15) is 14.3 Å². The average Bonchev–Trinajstić information content (AvgIpc) is 2.99. The van der Waals surface area contributed by atoms with Gasteiger partial charge in [0, 0.05) is 25.3 Å². The quantitative estimate of drug-likeness (QED) is 0.724. The Morgan fingerprint density at radius 3 is 2.88 bits per heavy atom. The molecular formula is C19H19FN2O3. The largest absolute Gasteiger partial charge is 0.481 e. The van der Waals surface area contributed by atoms with E-state index in [4.69, 9.17) is 4.74 Å². The second-order valence-corrected chi connectivity index (χ2v) is 5.78. The Balaban J connectivity index is 1.53. The summed E-state index contributed by atoms with van der Waals surface area (Å²) in [5.74, 6) is -0.928. The molecule has 0 saturated heterocycles. The van der Waals surface area contributed by atoms with Crippen molar-refractivity contribution in [3.63, 3.8) is 0 Å². The molecule has 0 bridgehead atoms. The lowest BCUT2D eigenvalue weighted by Crippen LogP contribution is -2.32. The molecule has 0 fully saturated rings. The number of fused-ring (bicyclic) bond motifs is 1. The van der Waals surface area contributed by atoms with Gasteiger partial charge in [0.2, 0.25) is 0 Å². The maximum Gasteiger partial charge on any atom is 0.258 e. The number of aryl methyl sites for hydroxylation is 1. The summed E-state index contributed by atoms with van der Waals surface area (Å²) in [7, 11) is 1.95. The number of benzene rings is 2. The molecule has 1 atom stereocenters. The van der Waals surface area contributed by atoms with Crippen LogP contribution in [0.15, 0.2) is 54.7 Å².